The highest BCUT2D eigenvalue weighted by atomic mass is 127. The molecule has 0 aliphatic carbocycles. The Morgan fingerprint density at radius 3 is 3.27 bits per heavy atom. The minimum absolute atomic E-state index is 0.0826. The fourth-order valence-electron chi connectivity index (χ4n) is 1.85. The van der Waals surface area contributed by atoms with Gasteiger partial charge in [-0.25, -0.2) is 4.98 Å². The van der Waals surface area contributed by atoms with Crippen molar-refractivity contribution in [2.75, 3.05) is 17.3 Å². The molecule has 0 amide bonds. The summed E-state index contributed by atoms with van der Waals surface area (Å²) in [4.78, 5) is 20.3. The van der Waals surface area contributed by atoms with Crippen LogP contribution in [0, 0.1) is 3.57 Å². The van der Waals surface area contributed by atoms with E-state index in [4.69, 9.17) is 11.6 Å². The summed E-state index contributed by atoms with van der Waals surface area (Å²) in [6.07, 6.45) is 3.64. The van der Waals surface area contributed by atoms with Gasteiger partial charge in [0.2, 0.25) is 0 Å². The van der Waals surface area contributed by atoms with Gasteiger partial charge in [-0.1, -0.05) is 0 Å². The third-order valence-electron chi connectivity index (χ3n) is 2.61. The van der Waals surface area contributed by atoms with E-state index in [1.54, 1.807) is 0 Å². The van der Waals surface area contributed by atoms with Gasteiger partial charge in [0.1, 0.15) is 9.39 Å². The first-order chi connectivity index (χ1) is 7.24. The maximum atomic E-state index is 11.4. The molecule has 4 nitrogen and oxygen atoms in total. The molecule has 0 aromatic carbocycles. The predicted octanol–water partition coefficient (Wildman–Crippen LogP) is 1.58. The number of hydrogen-bond acceptors (Lipinski definition) is 3. The van der Waals surface area contributed by atoms with Gasteiger partial charge >= 0.3 is 0 Å². The zero-order valence-electron chi connectivity index (χ0n) is 8.04. The summed E-state index contributed by atoms with van der Waals surface area (Å²) in [6, 6.07) is 0.314. The number of alkyl halides is 1. The molecule has 2 rings (SSSR count). The van der Waals surface area contributed by atoms with Gasteiger partial charge in [0.25, 0.3) is 5.56 Å². The zero-order chi connectivity index (χ0) is 10.8. The van der Waals surface area contributed by atoms with Crippen LogP contribution in [-0.4, -0.2) is 28.4 Å². The minimum atomic E-state index is -0.0826. The van der Waals surface area contributed by atoms with E-state index in [0.717, 1.165) is 25.2 Å². The first kappa shape index (κ1) is 11.2. The molecule has 1 aliphatic rings. The summed E-state index contributed by atoms with van der Waals surface area (Å²) in [5.41, 5.74) is -0.0826. The number of anilines is 1. The molecule has 6 heteroatoms. The highest BCUT2D eigenvalue weighted by molar-refractivity contribution is 14.1. The smallest absolute Gasteiger partial charge is 0.266 e. The van der Waals surface area contributed by atoms with Gasteiger partial charge in [0, 0.05) is 18.5 Å². The van der Waals surface area contributed by atoms with E-state index in [2.05, 4.69) is 14.9 Å². The SMILES string of the molecule is O=c1[nH]cnc(N2CCCC2CCl)c1I. The Kier molecular flexibility index (Phi) is 3.50. The van der Waals surface area contributed by atoms with E-state index < -0.39 is 0 Å². The van der Waals surface area contributed by atoms with Gasteiger partial charge in [0.15, 0.2) is 0 Å². The Labute approximate surface area is 106 Å². The van der Waals surface area contributed by atoms with Gasteiger partial charge in [0.05, 0.1) is 6.33 Å². The molecule has 0 spiro atoms. The second kappa shape index (κ2) is 4.69. The first-order valence-electron chi connectivity index (χ1n) is 4.80. The molecule has 0 saturated carbocycles. The van der Waals surface area contributed by atoms with E-state index in [-0.39, 0.29) is 5.56 Å². The van der Waals surface area contributed by atoms with E-state index >= 15 is 0 Å². The molecular weight excluding hydrogens is 328 g/mol. The van der Waals surface area contributed by atoms with Gasteiger partial charge in [-0.3, -0.25) is 4.79 Å². The molecule has 0 bridgehead atoms. The molecular formula is C9H11ClIN3O. The highest BCUT2D eigenvalue weighted by Gasteiger charge is 2.26. The Morgan fingerprint density at radius 2 is 2.53 bits per heavy atom. The molecule has 1 atom stereocenters. The molecule has 1 N–H and O–H groups in total. The monoisotopic (exact) mass is 339 g/mol. The second-order valence-corrected chi connectivity index (χ2v) is 4.90. The number of rotatable bonds is 2. The number of halogens is 2. The van der Waals surface area contributed by atoms with Crippen LogP contribution in [0.4, 0.5) is 5.82 Å². The van der Waals surface area contributed by atoms with Crippen molar-refractivity contribution in [1.29, 1.82) is 0 Å². The van der Waals surface area contributed by atoms with E-state index in [9.17, 15) is 4.79 Å². The summed E-state index contributed by atoms with van der Waals surface area (Å²) >= 11 is 7.92. The Balaban J connectivity index is 2.36. The molecule has 1 aromatic heterocycles. The van der Waals surface area contributed by atoms with Crippen molar-refractivity contribution in [3.63, 3.8) is 0 Å². The molecule has 1 aromatic rings. The normalized spacial score (nSPS) is 20.9. The van der Waals surface area contributed by atoms with Crippen molar-refractivity contribution in [2.45, 2.75) is 18.9 Å². The van der Waals surface area contributed by atoms with E-state index in [0.29, 0.717) is 15.5 Å². The Bertz CT molecular complexity index is 409. The lowest BCUT2D eigenvalue weighted by Gasteiger charge is -2.24. The van der Waals surface area contributed by atoms with Crippen LogP contribution in [0.1, 0.15) is 12.8 Å². The molecule has 1 fully saturated rings. The largest absolute Gasteiger partial charge is 0.351 e. The van der Waals surface area contributed by atoms with Crippen molar-refractivity contribution in [2.24, 2.45) is 0 Å². The maximum absolute atomic E-state index is 11.4. The van der Waals surface area contributed by atoms with Crippen molar-refractivity contribution in [3.8, 4) is 0 Å². The van der Waals surface area contributed by atoms with Crippen LogP contribution in [0.2, 0.25) is 0 Å². The molecule has 82 valence electrons. The van der Waals surface area contributed by atoms with Crippen LogP contribution < -0.4 is 10.5 Å². The third kappa shape index (κ3) is 2.13. The molecule has 15 heavy (non-hydrogen) atoms. The number of nitrogens with one attached hydrogen (secondary N) is 1. The van der Waals surface area contributed by atoms with Crippen LogP contribution in [0.3, 0.4) is 0 Å². The van der Waals surface area contributed by atoms with E-state index in [1.165, 1.54) is 6.33 Å². The van der Waals surface area contributed by atoms with Crippen LogP contribution in [0.15, 0.2) is 11.1 Å². The number of aromatic amines is 1. The van der Waals surface area contributed by atoms with Crippen LogP contribution in [0.25, 0.3) is 0 Å². The second-order valence-electron chi connectivity index (χ2n) is 3.51. The first-order valence-corrected chi connectivity index (χ1v) is 6.41. The minimum Gasteiger partial charge on any atom is -0.351 e. The number of hydrogen-bond donors (Lipinski definition) is 1. The van der Waals surface area contributed by atoms with Gasteiger partial charge in [-0.05, 0) is 35.4 Å². The summed E-state index contributed by atoms with van der Waals surface area (Å²) in [6.45, 7) is 0.934. The molecule has 1 saturated heterocycles. The standard InChI is InChI=1S/C9H11ClIN3O/c10-4-6-2-1-3-14(6)8-7(11)9(15)13-5-12-8/h5-6H,1-4H2,(H,12,13,15). The fourth-order valence-corrected chi connectivity index (χ4v) is 2.77. The van der Waals surface area contributed by atoms with Crippen molar-refractivity contribution in [1.82, 2.24) is 9.97 Å². The maximum Gasteiger partial charge on any atom is 0.266 e. The average Bonchev–Trinajstić information content (AvgIpc) is 2.70. The summed E-state index contributed by atoms with van der Waals surface area (Å²) < 4.78 is 0.645. The topological polar surface area (TPSA) is 49.0 Å². The number of nitrogens with zero attached hydrogens (tertiary/aromatic N) is 2. The van der Waals surface area contributed by atoms with Gasteiger partial charge in [-0.15, -0.1) is 11.6 Å². The lowest BCUT2D eigenvalue weighted by Crippen LogP contribution is -2.33. The molecule has 1 unspecified atom stereocenters. The summed E-state index contributed by atoms with van der Waals surface area (Å²) in [5, 5.41) is 0. The quantitative estimate of drug-likeness (QED) is 0.657. The van der Waals surface area contributed by atoms with Crippen molar-refractivity contribution in [3.05, 3.63) is 20.3 Å². The Hall–Kier alpha value is -0.300. The molecule has 2 heterocycles. The number of H-pyrrole nitrogens is 1. The van der Waals surface area contributed by atoms with Crippen LogP contribution in [0.5, 0.6) is 0 Å². The van der Waals surface area contributed by atoms with Crippen molar-refractivity contribution < 1.29 is 0 Å². The van der Waals surface area contributed by atoms with Crippen molar-refractivity contribution >= 4 is 40.0 Å². The average molecular weight is 340 g/mol. The highest BCUT2D eigenvalue weighted by Crippen LogP contribution is 2.26. The zero-order valence-corrected chi connectivity index (χ0v) is 11.0. The molecule has 0 radical (unpaired) electrons. The lowest BCUT2D eigenvalue weighted by atomic mass is 10.2. The fraction of sp³-hybridized carbons (Fsp3) is 0.556. The summed E-state index contributed by atoms with van der Waals surface area (Å²) in [5.74, 6) is 1.35. The van der Waals surface area contributed by atoms with Gasteiger partial charge in [-0.2, -0.15) is 0 Å². The summed E-state index contributed by atoms with van der Waals surface area (Å²) in [7, 11) is 0. The third-order valence-corrected chi connectivity index (χ3v) is 3.93. The Morgan fingerprint density at radius 1 is 1.73 bits per heavy atom. The molecule has 1 aliphatic heterocycles. The van der Waals surface area contributed by atoms with Crippen LogP contribution in [-0.2, 0) is 0 Å². The predicted molar refractivity (Wildman–Crippen MR) is 68.7 cm³/mol. The lowest BCUT2D eigenvalue weighted by molar-refractivity contribution is 0.729. The van der Waals surface area contributed by atoms with E-state index in [1.807, 2.05) is 22.6 Å². The number of aromatic nitrogens is 2. The van der Waals surface area contributed by atoms with Crippen LogP contribution >= 0.6 is 34.2 Å². The van der Waals surface area contributed by atoms with Gasteiger partial charge < -0.3 is 9.88 Å².